The fourth-order valence-electron chi connectivity index (χ4n) is 4.39. The van der Waals surface area contributed by atoms with Crippen molar-refractivity contribution in [2.75, 3.05) is 22.8 Å². The number of hydrogen-bond donors (Lipinski definition) is 1. The highest BCUT2D eigenvalue weighted by molar-refractivity contribution is 7.93. The summed E-state index contributed by atoms with van der Waals surface area (Å²) in [6, 6.07) is 16.1. The highest BCUT2D eigenvalue weighted by Crippen LogP contribution is 2.38. The Balaban J connectivity index is 1.50. The number of nitrogens with one attached hydrogen (secondary N) is 1. The number of fused-ring (bicyclic) bond motifs is 2. The number of anilines is 2. The van der Waals surface area contributed by atoms with Gasteiger partial charge in [-0.05, 0) is 62.4 Å². The molecule has 1 N–H and O–H groups in total. The summed E-state index contributed by atoms with van der Waals surface area (Å²) in [6.07, 6.45) is 3.71. The van der Waals surface area contributed by atoms with Gasteiger partial charge in [0, 0.05) is 28.9 Å². The summed E-state index contributed by atoms with van der Waals surface area (Å²) in [6.45, 7) is 3.08. The fraction of sp³-hybridized carbons (Fsp3) is 0.320. The van der Waals surface area contributed by atoms with Crippen LogP contribution in [0.1, 0.15) is 31.7 Å². The molecule has 1 heterocycles. The van der Waals surface area contributed by atoms with Gasteiger partial charge >= 0.3 is 0 Å². The average molecular weight is 451 g/mol. The van der Waals surface area contributed by atoms with Gasteiger partial charge in [-0.3, -0.25) is 9.52 Å². The van der Waals surface area contributed by atoms with Crippen LogP contribution < -0.4 is 14.4 Å². The van der Waals surface area contributed by atoms with Crippen LogP contribution in [-0.4, -0.2) is 27.5 Å². The van der Waals surface area contributed by atoms with Crippen molar-refractivity contribution in [1.82, 2.24) is 0 Å². The fourth-order valence-corrected chi connectivity index (χ4v) is 5.65. The van der Waals surface area contributed by atoms with Crippen LogP contribution >= 0.6 is 0 Å². The second-order valence-electron chi connectivity index (χ2n) is 8.36. The van der Waals surface area contributed by atoms with Gasteiger partial charge in [-0.1, -0.05) is 30.3 Å². The number of aryl methyl sites for hydroxylation is 1. The van der Waals surface area contributed by atoms with E-state index in [-0.39, 0.29) is 16.7 Å². The molecule has 1 aliphatic heterocycles. The van der Waals surface area contributed by atoms with Crippen molar-refractivity contribution in [3.05, 3.63) is 60.2 Å². The van der Waals surface area contributed by atoms with E-state index in [4.69, 9.17) is 4.74 Å². The molecule has 0 spiro atoms. The number of carbonyl (C=O) groups excluding carboxylic acids is 1. The molecular formula is C25H26N2O4S. The lowest BCUT2D eigenvalue weighted by molar-refractivity contribution is -0.119. The van der Waals surface area contributed by atoms with E-state index in [1.807, 2.05) is 36.1 Å². The number of carbonyl (C=O) groups is 1. The summed E-state index contributed by atoms with van der Waals surface area (Å²) in [7, 11) is -3.85. The van der Waals surface area contributed by atoms with Crippen molar-refractivity contribution in [1.29, 1.82) is 0 Å². The molecule has 3 aromatic carbocycles. The zero-order valence-corrected chi connectivity index (χ0v) is 18.8. The SMILES string of the molecule is CCOc1ccc(S(=O)(=O)Nc2ccc3c(c2)N(C(=O)C2CC2)CCC3)c2ccccc12. The Morgan fingerprint density at radius 3 is 2.62 bits per heavy atom. The van der Waals surface area contributed by atoms with Gasteiger partial charge in [0.1, 0.15) is 5.75 Å². The van der Waals surface area contributed by atoms with E-state index in [1.165, 1.54) is 0 Å². The maximum atomic E-state index is 13.4. The minimum Gasteiger partial charge on any atom is -0.493 e. The molecule has 32 heavy (non-hydrogen) atoms. The largest absolute Gasteiger partial charge is 0.493 e. The van der Waals surface area contributed by atoms with E-state index in [0.29, 0.717) is 30.0 Å². The van der Waals surface area contributed by atoms with Gasteiger partial charge in [-0.25, -0.2) is 8.42 Å². The predicted molar refractivity (Wildman–Crippen MR) is 126 cm³/mol. The maximum Gasteiger partial charge on any atom is 0.262 e. The molecule has 7 heteroatoms. The summed E-state index contributed by atoms with van der Waals surface area (Å²) in [5, 5.41) is 1.36. The average Bonchev–Trinajstić information content (AvgIpc) is 3.64. The lowest BCUT2D eigenvalue weighted by Gasteiger charge is -2.30. The summed E-state index contributed by atoms with van der Waals surface area (Å²) in [4.78, 5) is 14.8. The number of sulfonamides is 1. The molecule has 0 unspecified atom stereocenters. The molecule has 1 saturated carbocycles. The van der Waals surface area contributed by atoms with Gasteiger partial charge in [0.05, 0.1) is 17.2 Å². The van der Waals surface area contributed by atoms with Crippen LogP contribution in [0.5, 0.6) is 5.75 Å². The molecular weight excluding hydrogens is 424 g/mol. The zero-order chi connectivity index (χ0) is 22.3. The quantitative estimate of drug-likeness (QED) is 0.589. The predicted octanol–water partition coefficient (Wildman–Crippen LogP) is 4.73. The molecule has 5 rings (SSSR count). The zero-order valence-electron chi connectivity index (χ0n) is 18.0. The van der Waals surface area contributed by atoms with E-state index >= 15 is 0 Å². The summed E-state index contributed by atoms with van der Waals surface area (Å²) in [5.74, 6) is 0.935. The maximum absolute atomic E-state index is 13.4. The number of nitrogens with zero attached hydrogens (tertiary/aromatic N) is 1. The van der Waals surface area contributed by atoms with E-state index in [2.05, 4.69) is 4.72 Å². The molecule has 1 fully saturated rings. The van der Waals surface area contributed by atoms with Crippen LogP contribution in [0.25, 0.3) is 10.8 Å². The Bertz CT molecular complexity index is 1300. The molecule has 1 aliphatic carbocycles. The summed E-state index contributed by atoms with van der Waals surface area (Å²) >= 11 is 0. The molecule has 0 radical (unpaired) electrons. The number of ether oxygens (including phenoxy) is 1. The molecule has 2 aliphatic rings. The normalized spacial score (nSPS) is 16.0. The van der Waals surface area contributed by atoms with Crippen molar-refractivity contribution in [2.24, 2.45) is 5.92 Å². The third-order valence-electron chi connectivity index (χ3n) is 6.08. The molecule has 166 valence electrons. The second-order valence-corrected chi connectivity index (χ2v) is 10.0. The molecule has 0 saturated heterocycles. The van der Waals surface area contributed by atoms with Crippen molar-refractivity contribution in [3.8, 4) is 5.75 Å². The first kappa shape index (κ1) is 20.8. The minimum atomic E-state index is -3.85. The van der Waals surface area contributed by atoms with Gasteiger partial charge in [0.2, 0.25) is 5.91 Å². The highest BCUT2D eigenvalue weighted by Gasteiger charge is 2.35. The second kappa shape index (κ2) is 8.13. The van der Waals surface area contributed by atoms with Crippen LogP contribution in [0.3, 0.4) is 0 Å². The van der Waals surface area contributed by atoms with Crippen molar-refractivity contribution >= 4 is 38.1 Å². The Morgan fingerprint density at radius 2 is 1.88 bits per heavy atom. The molecule has 0 bridgehead atoms. The number of hydrogen-bond acceptors (Lipinski definition) is 4. The van der Waals surface area contributed by atoms with Crippen LogP contribution in [0.15, 0.2) is 59.5 Å². The van der Waals surface area contributed by atoms with Gasteiger partial charge in [-0.2, -0.15) is 0 Å². The van der Waals surface area contributed by atoms with Gasteiger partial charge < -0.3 is 9.64 Å². The monoisotopic (exact) mass is 450 g/mol. The summed E-state index contributed by atoms with van der Waals surface area (Å²) < 4.78 is 35.1. The molecule has 1 amide bonds. The van der Waals surface area contributed by atoms with E-state index in [1.54, 1.807) is 30.3 Å². The first-order valence-corrected chi connectivity index (χ1v) is 12.6. The van der Waals surface area contributed by atoms with E-state index in [0.717, 1.165) is 42.3 Å². The number of amides is 1. The molecule has 0 atom stereocenters. The Morgan fingerprint density at radius 1 is 1.09 bits per heavy atom. The number of benzene rings is 3. The Kier molecular flexibility index (Phi) is 5.29. The van der Waals surface area contributed by atoms with Gasteiger partial charge in [0.25, 0.3) is 10.0 Å². The van der Waals surface area contributed by atoms with Crippen molar-refractivity contribution < 1.29 is 17.9 Å². The lowest BCUT2D eigenvalue weighted by atomic mass is 10.0. The molecule has 3 aromatic rings. The minimum absolute atomic E-state index is 0.122. The highest BCUT2D eigenvalue weighted by atomic mass is 32.2. The Hall–Kier alpha value is -3.06. The molecule has 6 nitrogen and oxygen atoms in total. The van der Waals surface area contributed by atoms with Crippen LogP contribution in [0.2, 0.25) is 0 Å². The Labute approximate surface area is 188 Å². The molecule has 0 aromatic heterocycles. The first-order chi connectivity index (χ1) is 15.5. The lowest BCUT2D eigenvalue weighted by Crippen LogP contribution is -2.36. The van der Waals surface area contributed by atoms with E-state index in [9.17, 15) is 13.2 Å². The summed E-state index contributed by atoms with van der Waals surface area (Å²) in [5.41, 5.74) is 2.36. The first-order valence-electron chi connectivity index (χ1n) is 11.1. The van der Waals surface area contributed by atoms with Crippen LogP contribution in [0.4, 0.5) is 11.4 Å². The third-order valence-corrected chi connectivity index (χ3v) is 7.52. The van der Waals surface area contributed by atoms with Crippen LogP contribution in [-0.2, 0) is 21.2 Å². The van der Waals surface area contributed by atoms with E-state index < -0.39 is 10.0 Å². The van der Waals surface area contributed by atoms with Crippen LogP contribution in [0, 0.1) is 5.92 Å². The van der Waals surface area contributed by atoms with Gasteiger partial charge in [0.15, 0.2) is 0 Å². The smallest absolute Gasteiger partial charge is 0.262 e. The standard InChI is InChI=1S/C25H26N2O4S/c1-2-31-23-13-14-24(21-8-4-3-7-20(21)23)32(29,30)26-19-12-11-17-6-5-15-27(22(17)16-19)25(28)18-9-10-18/h3-4,7-8,11-14,16,18,26H,2,5-6,9-10,15H2,1H3. The topological polar surface area (TPSA) is 75.7 Å². The van der Waals surface area contributed by atoms with Crippen molar-refractivity contribution in [2.45, 2.75) is 37.5 Å². The van der Waals surface area contributed by atoms with Gasteiger partial charge in [-0.15, -0.1) is 0 Å². The van der Waals surface area contributed by atoms with Crippen molar-refractivity contribution in [3.63, 3.8) is 0 Å². The third kappa shape index (κ3) is 3.81. The number of rotatable bonds is 6.